The van der Waals surface area contributed by atoms with E-state index >= 15 is 0 Å². The Balaban J connectivity index is 2.76. The molecule has 74 valence electrons. The monoisotopic (exact) mass is 202 g/mol. The SMILES string of the molecule is CCc1c[s+](OC(C)CC)c(=O)[nH]1. The second-order valence-corrected chi connectivity index (χ2v) is 4.42. The fraction of sp³-hybridized carbons (Fsp3) is 0.667. The van der Waals surface area contributed by atoms with Crippen LogP contribution in [0, 0.1) is 0 Å². The third kappa shape index (κ3) is 2.67. The first-order valence-electron chi connectivity index (χ1n) is 4.59. The lowest BCUT2D eigenvalue weighted by Gasteiger charge is -1.97. The molecule has 0 aromatic carbocycles. The van der Waals surface area contributed by atoms with E-state index in [0.717, 1.165) is 18.5 Å². The van der Waals surface area contributed by atoms with Crippen LogP contribution in [-0.2, 0) is 6.42 Å². The second kappa shape index (κ2) is 4.58. The van der Waals surface area contributed by atoms with E-state index in [1.165, 1.54) is 0 Å². The van der Waals surface area contributed by atoms with E-state index in [1.807, 2.05) is 26.2 Å². The van der Waals surface area contributed by atoms with Gasteiger partial charge in [-0.3, -0.25) is 4.98 Å². The fourth-order valence-corrected chi connectivity index (χ4v) is 2.34. The van der Waals surface area contributed by atoms with E-state index in [2.05, 4.69) is 4.98 Å². The maximum atomic E-state index is 11.3. The van der Waals surface area contributed by atoms with E-state index in [1.54, 1.807) is 0 Å². The number of nitrogens with one attached hydrogen (secondary N) is 1. The minimum absolute atomic E-state index is 0.00264. The van der Waals surface area contributed by atoms with Crippen LogP contribution in [0.4, 0.5) is 0 Å². The minimum Gasteiger partial charge on any atom is -0.273 e. The van der Waals surface area contributed by atoms with Crippen molar-refractivity contribution in [2.24, 2.45) is 0 Å². The van der Waals surface area contributed by atoms with Gasteiger partial charge < -0.3 is 0 Å². The number of thiazole rings is 1. The molecule has 0 amide bonds. The van der Waals surface area contributed by atoms with Gasteiger partial charge in [0.05, 0.1) is 5.69 Å². The van der Waals surface area contributed by atoms with Crippen molar-refractivity contribution in [2.75, 3.05) is 0 Å². The van der Waals surface area contributed by atoms with Gasteiger partial charge in [0, 0.05) is 0 Å². The average Bonchev–Trinajstić information content (AvgIpc) is 2.47. The highest BCUT2D eigenvalue weighted by Crippen LogP contribution is 2.12. The molecular weight excluding hydrogens is 186 g/mol. The Morgan fingerprint density at radius 3 is 2.77 bits per heavy atom. The molecule has 0 saturated carbocycles. The summed E-state index contributed by atoms with van der Waals surface area (Å²) in [6.45, 7) is 6.05. The van der Waals surface area contributed by atoms with Crippen LogP contribution in [0.25, 0.3) is 0 Å². The number of rotatable bonds is 4. The van der Waals surface area contributed by atoms with Crippen molar-refractivity contribution < 1.29 is 4.18 Å². The topological polar surface area (TPSA) is 42.1 Å². The Bertz CT molecular complexity index is 316. The highest BCUT2D eigenvalue weighted by molar-refractivity contribution is 7.22. The third-order valence-electron chi connectivity index (χ3n) is 1.92. The van der Waals surface area contributed by atoms with Crippen molar-refractivity contribution in [1.29, 1.82) is 0 Å². The van der Waals surface area contributed by atoms with Gasteiger partial charge in [0.1, 0.15) is 6.10 Å². The summed E-state index contributed by atoms with van der Waals surface area (Å²) in [4.78, 5) is 14.1. The van der Waals surface area contributed by atoms with Crippen LogP contribution in [0.5, 0.6) is 0 Å². The standard InChI is InChI=1S/C9H15NO2S/c1-4-7(3)12-13-6-8(5-2)10-9(13)11/h6-7H,4-5H2,1-3H3/p+1. The van der Waals surface area contributed by atoms with Crippen LogP contribution in [0.3, 0.4) is 0 Å². The van der Waals surface area contributed by atoms with Gasteiger partial charge in [-0.15, -0.1) is 4.18 Å². The molecule has 0 bridgehead atoms. The second-order valence-electron chi connectivity index (χ2n) is 3.02. The molecule has 2 atom stereocenters. The number of aryl methyl sites for hydroxylation is 1. The highest BCUT2D eigenvalue weighted by atomic mass is 32.2. The molecule has 0 saturated heterocycles. The molecule has 1 N–H and O–H groups in total. The first kappa shape index (κ1) is 10.5. The van der Waals surface area contributed by atoms with Gasteiger partial charge in [-0.05, 0) is 19.8 Å². The Labute approximate surface area is 80.9 Å². The number of H-pyrrole nitrogens is 1. The zero-order valence-corrected chi connectivity index (χ0v) is 9.11. The summed E-state index contributed by atoms with van der Waals surface area (Å²) < 4.78 is 5.54. The lowest BCUT2D eigenvalue weighted by atomic mass is 10.3. The Hall–Kier alpha value is -0.610. The van der Waals surface area contributed by atoms with Crippen LogP contribution in [0.2, 0.25) is 0 Å². The summed E-state index contributed by atoms with van der Waals surface area (Å²) in [6.07, 6.45) is 1.95. The van der Waals surface area contributed by atoms with Crippen LogP contribution < -0.4 is 9.06 Å². The summed E-state index contributed by atoms with van der Waals surface area (Å²) in [6, 6.07) is 0. The van der Waals surface area contributed by atoms with Gasteiger partial charge in [0.15, 0.2) is 5.38 Å². The van der Waals surface area contributed by atoms with Gasteiger partial charge in [-0.25, -0.2) is 4.79 Å². The van der Waals surface area contributed by atoms with E-state index in [0.29, 0.717) is 0 Å². The molecule has 1 aromatic rings. The predicted octanol–water partition coefficient (Wildman–Crippen LogP) is 1.91. The normalized spacial score (nSPS) is 14.5. The third-order valence-corrected chi connectivity index (χ3v) is 3.42. The van der Waals surface area contributed by atoms with Crippen LogP contribution in [0.15, 0.2) is 10.2 Å². The van der Waals surface area contributed by atoms with Gasteiger partial charge in [-0.2, -0.15) is 0 Å². The fourth-order valence-electron chi connectivity index (χ4n) is 0.882. The van der Waals surface area contributed by atoms with Crippen LogP contribution in [-0.4, -0.2) is 11.1 Å². The molecule has 0 radical (unpaired) electrons. The molecule has 1 heterocycles. The van der Waals surface area contributed by atoms with E-state index < -0.39 is 10.8 Å². The van der Waals surface area contributed by atoms with Gasteiger partial charge in [0.25, 0.3) is 0 Å². The lowest BCUT2D eigenvalue weighted by molar-refractivity contribution is 0.301. The van der Waals surface area contributed by atoms with Crippen molar-refractivity contribution >= 4 is 10.8 Å². The quantitative estimate of drug-likeness (QED) is 0.758. The Morgan fingerprint density at radius 1 is 1.62 bits per heavy atom. The van der Waals surface area contributed by atoms with Crippen molar-refractivity contribution in [3.8, 4) is 0 Å². The zero-order valence-electron chi connectivity index (χ0n) is 8.29. The molecule has 1 rings (SSSR count). The van der Waals surface area contributed by atoms with Crippen molar-refractivity contribution in [2.45, 2.75) is 39.7 Å². The summed E-state index contributed by atoms with van der Waals surface area (Å²) in [7, 11) is -0.644. The van der Waals surface area contributed by atoms with E-state index in [-0.39, 0.29) is 11.0 Å². The Kier molecular flexibility index (Phi) is 3.69. The van der Waals surface area contributed by atoms with Crippen LogP contribution in [0.1, 0.15) is 32.9 Å². The maximum Gasteiger partial charge on any atom is 0.490 e. The number of hydrogen-bond acceptors (Lipinski definition) is 2. The molecule has 3 nitrogen and oxygen atoms in total. The molecule has 4 heteroatoms. The average molecular weight is 202 g/mol. The first-order chi connectivity index (χ1) is 6.17. The number of aromatic nitrogens is 1. The van der Waals surface area contributed by atoms with Crippen LogP contribution >= 0.6 is 10.8 Å². The molecule has 0 spiro atoms. The maximum absolute atomic E-state index is 11.3. The lowest BCUT2D eigenvalue weighted by Crippen LogP contribution is -2.13. The molecule has 13 heavy (non-hydrogen) atoms. The van der Waals surface area contributed by atoms with Gasteiger partial charge >= 0.3 is 4.87 Å². The predicted molar refractivity (Wildman–Crippen MR) is 55.3 cm³/mol. The highest BCUT2D eigenvalue weighted by Gasteiger charge is 2.18. The molecule has 0 aliphatic rings. The van der Waals surface area contributed by atoms with Gasteiger partial charge in [0.2, 0.25) is 10.8 Å². The molecule has 2 unspecified atom stereocenters. The van der Waals surface area contributed by atoms with E-state index in [9.17, 15) is 4.79 Å². The first-order valence-corrected chi connectivity index (χ1v) is 5.80. The minimum atomic E-state index is -0.644. The van der Waals surface area contributed by atoms with Crippen molar-refractivity contribution in [1.82, 2.24) is 4.98 Å². The van der Waals surface area contributed by atoms with Gasteiger partial charge in [-0.1, -0.05) is 13.8 Å². The zero-order chi connectivity index (χ0) is 9.84. The van der Waals surface area contributed by atoms with E-state index in [4.69, 9.17) is 4.18 Å². The smallest absolute Gasteiger partial charge is 0.273 e. The van der Waals surface area contributed by atoms with Crippen molar-refractivity contribution in [3.63, 3.8) is 0 Å². The molecular formula is C9H16NO2S+. The molecule has 1 aromatic heterocycles. The summed E-state index contributed by atoms with van der Waals surface area (Å²) in [5.41, 5.74) is 0.983. The summed E-state index contributed by atoms with van der Waals surface area (Å²) in [5.74, 6) is 0. The summed E-state index contributed by atoms with van der Waals surface area (Å²) in [5, 5.41) is 1.90. The number of aromatic amines is 1. The largest absolute Gasteiger partial charge is 0.490 e. The molecule has 0 aliphatic heterocycles. The number of hydrogen-bond donors (Lipinski definition) is 1. The molecule has 0 fully saturated rings. The molecule has 0 aliphatic carbocycles. The summed E-state index contributed by atoms with van der Waals surface area (Å²) >= 11 is 0. The Morgan fingerprint density at radius 2 is 2.31 bits per heavy atom. The van der Waals surface area contributed by atoms with Crippen molar-refractivity contribution in [3.05, 3.63) is 20.7 Å².